The van der Waals surface area contributed by atoms with E-state index in [1.165, 1.54) is 5.56 Å². The SMILES string of the molecule is CCC(C)(C)c1ccccc1[S+]([O-])c1ccccc1C(C)(C)C. The molecule has 23 heavy (non-hydrogen) atoms. The van der Waals surface area contributed by atoms with E-state index in [0.29, 0.717) is 0 Å². The van der Waals surface area contributed by atoms with Gasteiger partial charge in [0.1, 0.15) is 0 Å². The molecule has 2 aromatic rings. The van der Waals surface area contributed by atoms with E-state index in [0.717, 1.165) is 21.8 Å². The molecule has 0 aliphatic heterocycles. The first kappa shape index (κ1) is 18.1. The van der Waals surface area contributed by atoms with Crippen molar-refractivity contribution in [1.82, 2.24) is 0 Å². The molecule has 0 bridgehead atoms. The summed E-state index contributed by atoms with van der Waals surface area (Å²) in [5, 5.41) is 0. The van der Waals surface area contributed by atoms with Crippen LogP contribution < -0.4 is 0 Å². The Morgan fingerprint density at radius 1 is 0.783 bits per heavy atom. The van der Waals surface area contributed by atoms with Gasteiger partial charge in [0.2, 0.25) is 0 Å². The molecule has 0 aliphatic carbocycles. The predicted molar refractivity (Wildman–Crippen MR) is 99.6 cm³/mol. The third kappa shape index (κ3) is 3.81. The van der Waals surface area contributed by atoms with Crippen LogP contribution in [0.3, 0.4) is 0 Å². The molecule has 2 heteroatoms. The van der Waals surface area contributed by atoms with E-state index in [9.17, 15) is 4.55 Å². The van der Waals surface area contributed by atoms with Gasteiger partial charge in [0.25, 0.3) is 0 Å². The highest BCUT2D eigenvalue weighted by molar-refractivity contribution is 7.91. The number of benzene rings is 2. The van der Waals surface area contributed by atoms with Gasteiger partial charge in [0, 0.05) is 22.3 Å². The van der Waals surface area contributed by atoms with Crippen molar-refractivity contribution in [3.63, 3.8) is 0 Å². The molecule has 0 amide bonds. The maximum absolute atomic E-state index is 13.4. The van der Waals surface area contributed by atoms with Crippen LogP contribution in [0.2, 0.25) is 0 Å². The molecule has 0 fully saturated rings. The summed E-state index contributed by atoms with van der Waals surface area (Å²) in [6.45, 7) is 13.1. The lowest BCUT2D eigenvalue weighted by atomic mass is 9.82. The summed E-state index contributed by atoms with van der Waals surface area (Å²) in [5.41, 5.74) is 2.33. The Morgan fingerprint density at radius 3 is 1.70 bits per heavy atom. The molecule has 0 heterocycles. The molecule has 0 saturated heterocycles. The molecule has 2 rings (SSSR count). The van der Waals surface area contributed by atoms with E-state index in [1.54, 1.807) is 0 Å². The zero-order chi connectivity index (χ0) is 17.3. The van der Waals surface area contributed by atoms with Gasteiger partial charge in [-0.1, -0.05) is 77.9 Å². The quantitative estimate of drug-likeness (QED) is 0.647. The van der Waals surface area contributed by atoms with E-state index in [2.05, 4.69) is 53.7 Å². The normalized spacial score (nSPS) is 13.9. The summed E-state index contributed by atoms with van der Waals surface area (Å²) in [5.74, 6) is 0. The van der Waals surface area contributed by atoms with Crippen LogP contribution in [0.1, 0.15) is 59.1 Å². The summed E-state index contributed by atoms with van der Waals surface area (Å²) in [6, 6.07) is 16.3. The van der Waals surface area contributed by atoms with Crippen LogP contribution >= 0.6 is 0 Å². The summed E-state index contributed by atoms with van der Waals surface area (Å²) in [7, 11) is 0. The van der Waals surface area contributed by atoms with Crippen LogP contribution in [0.4, 0.5) is 0 Å². The molecule has 0 saturated carbocycles. The van der Waals surface area contributed by atoms with Gasteiger partial charge in [-0.3, -0.25) is 0 Å². The molecule has 0 spiro atoms. The first-order valence-corrected chi connectivity index (χ1v) is 9.44. The zero-order valence-electron chi connectivity index (χ0n) is 15.1. The third-order valence-corrected chi connectivity index (χ3v) is 6.11. The third-order valence-electron chi connectivity index (χ3n) is 4.59. The standard InChI is InChI=1S/C21H28OS/c1-7-21(5,6)17-13-9-11-15-19(17)23(22)18-14-10-8-12-16(18)20(2,3)4/h8-15H,7H2,1-6H3. The van der Waals surface area contributed by atoms with Crippen LogP contribution in [0, 0.1) is 0 Å². The van der Waals surface area contributed by atoms with Crippen molar-refractivity contribution in [2.45, 2.75) is 68.6 Å². The molecule has 124 valence electrons. The second-order valence-corrected chi connectivity index (χ2v) is 9.17. The van der Waals surface area contributed by atoms with Crippen LogP contribution in [0.25, 0.3) is 0 Å². The van der Waals surface area contributed by atoms with Gasteiger partial charge in [0.05, 0.1) is 0 Å². The first-order valence-electron chi connectivity index (χ1n) is 8.29. The Morgan fingerprint density at radius 2 is 1.22 bits per heavy atom. The molecular formula is C21H28OS. The maximum atomic E-state index is 13.4. The summed E-state index contributed by atoms with van der Waals surface area (Å²) in [6.07, 6.45) is 1.02. The van der Waals surface area contributed by atoms with Crippen molar-refractivity contribution >= 4 is 11.2 Å². The summed E-state index contributed by atoms with van der Waals surface area (Å²) >= 11 is -1.16. The van der Waals surface area contributed by atoms with Crippen LogP contribution in [0.5, 0.6) is 0 Å². The van der Waals surface area contributed by atoms with Gasteiger partial charge >= 0.3 is 0 Å². The van der Waals surface area contributed by atoms with Crippen LogP contribution in [0.15, 0.2) is 58.3 Å². The van der Waals surface area contributed by atoms with Crippen molar-refractivity contribution in [3.05, 3.63) is 59.7 Å². The molecule has 2 aromatic carbocycles. The first-order chi connectivity index (χ1) is 10.7. The molecule has 1 unspecified atom stereocenters. The lowest BCUT2D eigenvalue weighted by Gasteiger charge is -2.28. The highest BCUT2D eigenvalue weighted by Crippen LogP contribution is 2.37. The van der Waals surface area contributed by atoms with Gasteiger partial charge < -0.3 is 4.55 Å². The number of hydrogen-bond donors (Lipinski definition) is 0. The fourth-order valence-corrected chi connectivity index (χ4v) is 4.50. The Hall–Kier alpha value is -1.25. The van der Waals surface area contributed by atoms with Crippen molar-refractivity contribution in [3.8, 4) is 0 Å². The average Bonchev–Trinajstić information content (AvgIpc) is 2.53. The molecule has 1 atom stereocenters. The van der Waals surface area contributed by atoms with Crippen molar-refractivity contribution in [2.24, 2.45) is 0 Å². The van der Waals surface area contributed by atoms with Crippen LogP contribution in [-0.2, 0) is 22.0 Å². The lowest BCUT2D eigenvalue weighted by molar-refractivity contribution is 0.492. The smallest absolute Gasteiger partial charge is 0.162 e. The minimum Gasteiger partial charge on any atom is -0.606 e. The Kier molecular flexibility index (Phi) is 5.27. The molecule has 0 N–H and O–H groups in total. The van der Waals surface area contributed by atoms with Crippen molar-refractivity contribution in [1.29, 1.82) is 0 Å². The minimum absolute atomic E-state index is 0.0168. The second-order valence-electron chi connectivity index (χ2n) is 7.75. The fourth-order valence-electron chi connectivity index (χ4n) is 2.74. The predicted octanol–water partition coefficient (Wildman–Crippen LogP) is 5.84. The Balaban J connectivity index is 2.58. The van der Waals surface area contributed by atoms with Gasteiger partial charge in [-0.25, -0.2) is 0 Å². The van der Waals surface area contributed by atoms with Crippen molar-refractivity contribution < 1.29 is 4.55 Å². The van der Waals surface area contributed by atoms with Gasteiger partial charge in [-0.05, 0) is 29.4 Å². The average molecular weight is 329 g/mol. The monoisotopic (exact) mass is 328 g/mol. The van der Waals surface area contributed by atoms with Gasteiger partial charge in [0.15, 0.2) is 9.79 Å². The fraction of sp³-hybridized carbons (Fsp3) is 0.429. The largest absolute Gasteiger partial charge is 0.606 e. The van der Waals surface area contributed by atoms with Crippen molar-refractivity contribution in [2.75, 3.05) is 0 Å². The molecule has 0 aliphatic rings. The van der Waals surface area contributed by atoms with E-state index in [4.69, 9.17) is 0 Å². The zero-order valence-corrected chi connectivity index (χ0v) is 16.0. The lowest BCUT2D eigenvalue weighted by Crippen LogP contribution is -2.22. The highest BCUT2D eigenvalue weighted by Gasteiger charge is 2.31. The van der Waals surface area contributed by atoms with Crippen LogP contribution in [-0.4, -0.2) is 4.55 Å². The topological polar surface area (TPSA) is 23.1 Å². The minimum atomic E-state index is -1.16. The van der Waals surface area contributed by atoms with E-state index in [-0.39, 0.29) is 10.8 Å². The maximum Gasteiger partial charge on any atom is 0.162 e. The molecule has 0 aromatic heterocycles. The summed E-state index contributed by atoms with van der Waals surface area (Å²) < 4.78 is 13.4. The number of hydrogen-bond acceptors (Lipinski definition) is 1. The summed E-state index contributed by atoms with van der Waals surface area (Å²) in [4.78, 5) is 1.87. The number of rotatable bonds is 4. The van der Waals surface area contributed by atoms with E-state index in [1.807, 2.05) is 36.4 Å². The van der Waals surface area contributed by atoms with E-state index < -0.39 is 11.2 Å². The highest BCUT2D eigenvalue weighted by atomic mass is 32.2. The Labute approximate surface area is 144 Å². The second kappa shape index (κ2) is 6.70. The van der Waals surface area contributed by atoms with Gasteiger partial charge in [-0.2, -0.15) is 0 Å². The Bertz CT molecular complexity index is 668. The molecular weight excluding hydrogens is 300 g/mol. The van der Waals surface area contributed by atoms with Gasteiger partial charge in [-0.15, -0.1) is 0 Å². The molecule has 0 radical (unpaired) electrons. The van der Waals surface area contributed by atoms with E-state index >= 15 is 0 Å². The molecule has 1 nitrogen and oxygen atoms in total.